The van der Waals surface area contributed by atoms with E-state index in [9.17, 15) is 19.2 Å². The molecule has 1 heterocycles. The van der Waals surface area contributed by atoms with Crippen LogP contribution in [0.4, 0.5) is 0 Å². The molecule has 11 nitrogen and oxygen atoms in total. The molecular weight excluding hydrogens is 414 g/mol. The summed E-state index contributed by atoms with van der Waals surface area (Å²) in [5, 5.41) is 13.9. The number of carbonyl (C=O) groups is 4. The highest BCUT2D eigenvalue weighted by atomic mass is 16.2. The van der Waals surface area contributed by atoms with Crippen LogP contribution < -0.4 is 21.3 Å². The van der Waals surface area contributed by atoms with E-state index >= 15 is 0 Å². The summed E-state index contributed by atoms with van der Waals surface area (Å²) in [7, 11) is 0. The molecule has 1 aromatic carbocycles. The second kappa shape index (κ2) is 11.7. The van der Waals surface area contributed by atoms with Crippen LogP contribution >= 0.6 is 0 Å². The van der Waals surface area contributed by atoms with Crippen LogP contribution in [0, 0.1) is 5.92 Å². The molecule has 0 saturated carbocycles. The second-order valence-electron chi connectivity index (χ2n) is 8.17. The first-order chi connectivity index (χ1) is 15.2. The Balaban J connectivity index is 2.35. The Hall–Kier alpha value is -3.59. The molecule has 32 heavy (non-hydrogen) atoms. The standard InChI is InChI=1S/C21H29N7O4/c1-12(2)9-15-20(31)24-13(3)18(27-28-22)21(32)26-16(10-14-7-5-4-6-8-14)19(30)23-11-17(29)25-15/h4-8,12-13,15-16,18H,9-11H2,1-3H3,(H,23,30)(H,24,31)(H,25,29)(H,26,32)/t13-,15?,16?,18+/m0/s1. The normalized spacial score (nSPS) is 25.1. The first kappa shape index (κ1) is 24.7. The molecule has 4 atom stereocenters. The van der Waals surface area contributed by atoms with Gasteiger partial charge in [0.2, 0.25) is 23.6 Å². The summed E-state index contributed by atoms with van der Waals surface area (Å²) < 4.78 is 0. The molecule has 4 N–H and O–H groups in total. The third kappa shape index (κ3) is 7.28. The molecule has 1 fully saturated rings. The second-order valence-corrected chi connectivity index (χ2v) is 8.17. The van der Waals surface area contributed by atoms with Gasteiger partial charge < -0.3 is 21.3 Å². The van der Waals surface area contributed by atoms with Crippen LogP contribution in [0.2, 0.25) is 0 Å². The van der Waals surface area contributed by atoms with Crippen molar-refractivity contribution in [1.82, 2.24) is 21.3 Å². The largest absolute Gasteiger partial charge is 0.351 e. The van der Waals surface area contributed by atoms with E-state index in [0.717, 1.165) is 5.56 Å². The lowest BCUT2D eigenvalue weighted by atomic mass is 10.0. The maximum Gasteiger partial charge on any atom is 0.243 e. The van der Waals surface area contributed by atoms with Gasteiger partial charge in [-0.3, -0.25) is 19.2 Å². The average Bonchev–Trinajstić information content (AvgIpc) is 2.74. The molecule has 11 heteroatoms. The van der Waals surface area contributed by atoms with Crippen molar-refractivity contribution < 1.29 is 19.2 Å². The van der Waals surface area contributed by atoms with E-state index < -0.39 is 47.8 Å². The SMILES string of the molecule is CC(C)CC1NC(=O)CNC(=O)C(Cc2ccccc2)NC(=O)[C@H](N=[N+]=[N-])[C@H](C)NC1=O. The van der Waals surface area contributed by atoms with Crippen molar-refractivity contribution in [1.29, 1.82) is 0 Å². The zero-order chi connectivity index (χ0) is 23.7. The van der Waals surface area contributed by atoms with Gasteiger partial charge in [-0.2, -0.15) is 0 Å². The predicted octanol–water partition coefficient (Wildman–Crippen LogP) is 0.558. The van der Waals surface area contributed by atoms with Crippen LogP contribution in [0.1, 0.15) is 32.8 Å². The van der Waals surface area contributed by atoms with E-state index in [2.05, 4.69) is 31.3 Å². The zero-order valence-corrected chi connectivity index (χ0v) is 18.4. The number of nitrogens with zero attached hydrogens (tertiary/aromatic N) is 3. The minimum atomic E-state index is -1.29. The Bertz CT molecular complexity index is 883. The molecule has 4 amide bonds. The fourth-order valence-corrected chi connectivity index (χ4v) is 3.39. The van der Waals surface area contributed by atoms with Crippen molar-refractivity contribution >= 4 is 23.6 Å². The number of carbonyl (C=O) groups excluding carboxylic acids is 4. The van der Waals surface area contributed by atoms with Gasteiger partial charge in [0.05, 0.1) is 6.54 Å². The number of amides is 4. The zero-order valence-electron chi connectivity index (χ0n) is 18.4. The van der Waals surface area contributed by atoms with Gasteiger partial charge in [0, 0.05) is 17.4 Å². The molecule has 1 saturated heterocycles. The highest BCUT2D eigenvalue weighted by Crippen LogP contribution is 2.09. The summed E-state index contributed by atoms with van der Waals surface area (Å²) >= 11 is 0. The molecule has 2 unspecified atom stereocenters. The fourth-order valence-electron chi connectivity index (χ4n) is 3.39. The molecule has 0 aromatic heterocycles. The Morgan fingerprint density at radius 3 is 2.31 bits per heavy atom. The summed E-state index contributed by atoms with van der Waals surface area (Å²) in [6.45, 7) is 4.97. The van der Waals surface area contributed by atoms with Crippen molar-refractivity contribution in [2.75, 3.05) is 6.54 Å². The van der Waals surface area contributed by atoms with Gasteiger partial charge in [-0.05, 0) is 30.4 Å². The summed E-state index contributed by atoms with van der Waals surface area (Å²) in [5.41, 5.74) is 9.73. The number of benzene rings is 1. The van der Waals surface area contributed by atoms with Gasteiger partial charge in [-0.15, -0.1) is 0 Å². The Labute approximate surface area is 186 Å². The van der Waals surface area contributed by atoms with Crippen LogP contribution in [0.15, 0.2) is 35.4 Å². The molecule has 1 aliphatic rings. The number of hydrogen-bond acceptors (Lipinski definition) is 5. The van der Waals surface area contributed by atoms with Crippen molar-refractivity contribution in [2.24, 2.45) is 11.0 Å². The summed E-state index contributed by atoms with van der Waals surface area (Å²) in [4.78, 5) is 53.6. The first-order valence-electron chi connectivity index (χ1n) is 10.5. The van der Waals surface area contributed by atoms with Gasteiger partial charge in [-0.1, -0.05) is 49.3 Å². The van der Waals surface area contributed by atoms with Gasteiger partial charge in [0.15, 0.2) is 0 Å². The Kier molecular flexibility index (Phi) is 9.03. The van der Waals surface area contributed by atoms with Gasteiger partial charge in [0.1, 0.15) is 18.1 Å². The minimum Gasteiger partial charge on any atom is -0.351 e. The van der Waals surface area contributed by atoms with E-state index in [0.29, 0.717) is 6.42 Å². The molecule has 1 aliphatic heterocycles. The third-order valence-corrected chi connectivity index (χ3v) is 4.99. The lowest BCUT2D eigenvalue weighted by Gasteiger charge is -2.25. The number of rotatable bonds is 5. The van der Waals surface area contributed by atoms with E-state index in [-0.39, 0.29) is 18.9 Å². The van der Waals surface area contributed by atoms with Crippen molar-refractivity contribution in [3.05, 3.63) is 46.3 Å². The highest BCUT2D eigenvalue weighted by molar-refractivity contribution is 5.94. The fraction of sp³-hybridized carbons (Fsp3) is 0.524. The van der Waals surface area contributed by atoms with Gasteiger partial charge in [0.25, 0.3) is 0 Å². The third-order valence-electron chi connectivity index (χ3n) is 4.99. The van der Waals surface area contributed by atoms with E-state index in [1.165, 1.54) is 6.92 Å². The molecule has 2 rings (SSSR count). The van der Waals surface area contributed by atoms with E-state index in [4.69, 9.17) is 5.53 Å². The smallest absolute Gasteiger partial charge is 0.243 e. The molecule has 1 aromatic rings. The molecule has 0 radical (unpaired) electrons. The molecule has 0 spiro atoms. The van der Waals surface area contributed by atoms with Gasteiger partial charge in [-0.25, -0.2) is 0 Å². The molecule has 0 bridgehead atoms. The first-order valence-corrected chi connectivity index (χ1v) is 10.5. The predicted molar refractivity (Wildman–Crippen MR) is 117 cm³/mol. The lowest BCUT2D eigenvalue weighted by Crippen LogP contribution is -2.55. The topological polar surface area (TPSA) is 165 Å². The van der Waals surface area contributed by atoms with Crippen LogP contribution in [0.25, 0.3) is 10.4 Å². The van der Waals surface area contributed by atoms with Crippen molar-refractivity contribution in [2.45, 2.75) is 57.8 Å². The van der Waals surface area contributed by atoms with Crippen molar-refractivity contribution in [3.63, 3.8) is 0 Å². The Morgan fingerprint density at radius 2 is 1.69 bits per heavy atom. The number of azide groups is 1. The molecule has 0 aliphatic carbocycles. The van der Waals surface area contributed by atoms with Crippen LogP contribution in [-0.4, -0.2) is 54.3 Å². The molecular formula is C21H29N7O4. The van der Waals surface area contributed by atoms with E-state index in [1.807, 2.05) is 19.9 Å². The molecule has 172 valence electrons. The average molecular weight is 444 g/mol. The van der Waals surface area contributed by atoms with Crippen LogP contribution in [-0.2, 0) is 25.6 Å². The van der Waals surface area contributed by atoms with Crippen LogP contribution in [0.3, 0.4) is 0 Å². The lowest BCUT2D eigenvalue weighted by molar-refractivity contribution is -0.131. The number of hydrogen-bond donors (Lipinski definition) is 4. The maximum absolute atomic E-state index is 12.9. The quantitative estimate of drug-likeness (QED) is 0.297. The Morgan fingerprint density at radius 1 is 1.00 bits per heavy atom. The summed E-state index contributed by atoms with van der Waals surface area (Å²) in [5.74, 6) is -2.20. The van der Waals surface area contributed by atoms with Crippen molar-refractivity contribution in [3.8, 4) is 0 Å². The number of nitrogens with one attached hydrogen (secondary N) is 4. The summed E-state index contributed by atoms with van der Waals surface area (Å²) in [6, 6.07) is 5.01. The maximum atomic E-state index is 12.9. The highest BCUT2D eigenvalue weighted by Gasteiger charge is 2.32. The van der Waals surface area contributed by atoms with Crippen LogP contribution in [0.5, 0.6) is 0 Å². The minimum absolute atomic E-state index is 0.0955. The summed E-state index contributed by atoms with van der Waals surface area (Å²) in [6.07, 6.45) is 0.521. The van der Waals surface area contributed by atoms with E-state index in [1.54, 1.807) is 24.3 Å². The monoisotopic (exact) mass is 443 g/mol. The van der Waals surface area contributed by atoms with Gasteiger partial charge >= 0.3 is 0 Å².